The normalized spacial score (nSPS) is 12.0. The number of nitro benzene ring substituents is 1. The summed E-state index contributed by atoms with van der Waals surface area (Å²) in [5.74, 6) is 1.08. The lowest BCUT2D eigenvalue weighted by molar-refractivity contribution is -0.384. The van der Waals surface area contributed by atoms with Gasteiger partial charge in [-0.15, -0.1) is 0 Å². The number of nitro groups is 1. The molecule has 0 fully saturated rings. The van der Waals surface area contributed by atoms with Crippen molar-refractivity contribution in [3.05, 3.63) is 28.3 Å². The Labute approximate surface area is 118 Å². The fraction of sp³-hybridized carbons (Fsp3) is 0.538. The molecular formula is C13H21N3O2S. The SMILES string of the molecule is CNc1cc(N(C)C(C)CCSC)cc([N+](=O)[O-])c1. The molecule has 0 radical (unpaired) electrons. The van der Waals surface area contributed by atoms with Crippen LogP contribution in [0.15, 0.2) is 18.2 Å². The van der Waals surface area contributed by atoms with Crippen LogP contribution in [-0.2, 0) is 0 Å². The van der Waals surface area contributed by atoms with Gasteiger partial charge in [0.05, 0.1) is 4.92 Å². The standard InChI is InChI=1S/C13H21N3O2S/c1-10(5-6-19-4)15(3)12-7-11(14-2)8-13(9-12)16(17)18/h7-10,14H,5-6H2,1-4H3. The molecule has 0 aliphatic rings. The summed E-state index contributed by atoms with van der Waals surface area (Å²) < 4.78 is 0. The zero-order chi connectivity index (χ0) is 14.4. The third-order valence-corrected chi connectivity index (χ3v) is 3.85. The average Bonchev–Trinajstić information content (AvgIpc) is 2.43. The van der Waals surface area contributed by atoms with Crippen LogP contribution < -0.4 is 10.2 Å². The fourth-order valence-corrected chi connectivity index (χ4v) is 2.36. The Hall–Kier alpha value is -1.43. The van der Waals surface area contributed by atoms with Crippen molar-refractivity contribution in [2.75, 3.05) is 36.3 Å². The Morgan fingerprint density at radius 1 is 1.47 bits per heavy atom. The van der Waals surface area contributed by atoms with Gasteiger partial charge in [0.1, 0.15) is 0 Å². The lowest BCUT2D eigenvalue weighted by atomic mass is 10.1. The summed E-state index contributed by atoms with van der Waals surface area (Å²) in [5, 5.41) is 13.9. The maximum Gasteiger partial charge on any atom is 0.273 e. The Bertz CT molecular complexity index is 440. The predicted molar refractivity (Wildman–Crippen MR) is 83.5 cm³/mol. The second-order valence-electron chi connectivity index (χ2n) is 4.49. The van der Waals surface area contributed by atoms with E-state index in [2.05, 4.69) is 23.4 Å². The number of rotatable bonds is 7. The van der Waals surface area contributed by atoms with Crippen LogP contribution >= 0.6 is 11.8 Å². The lowest BCUT2D eigenvalue weighted by Crippen LogP contribution is -2.29. The van der Waals surface area contributed by atoms with E-state index in [-0.39, 0.29) is 10.6 Å². The van der Waals surface area contributed by atoms with Gasteiger partial charge >= 0.3 is 0 Å². The lowest BCUT2D eigenvalue weighted by Gasteiger charge is -2.27. The number of hydrogen-bond donors (Lipinski definition) is 1. The highest BCUT2D eigenvalue weighted by Gasteiger charge is 2.15. The monoisotopic (exact) mass is 283 g/mol. The second kappa shape index (κ2) is 7.23. The molecule has 1 N–H and O–H groups in total. The van der Waals surface area contributed by atoms with Gasteiger partial charge < -0.3 is 10.2 Å². The van der Waals surface area contributed by atoms with Crippen molar-refractivity contribution in [2.24, 2.45) is 0 Å². The summed E-state index contributed by atoms with van der Waals surface area (Å²) in [7, 11) is 3.74. The number of benzene rings is 1. The minimum absolute atomic E-state index is 0.116. The van der Waals surface area contributed by atoms with Crippen molar-refractivity contribution in [3.63, 3.8) is 0 Å². The summed E-state index contributed by atoms with van der Waals surface area (Å²) in [6, 6.07) is 5.45. The predicted octanol–water partition coefficient (Wildman–Crippen LogP) is 3.21. The summed E-state index contributed by atoms with van der Waals surface area (Å²) in [5.41, 5.74) is 1.74. The molecule has 0 saturated carbocycles. The van der Waals surface area contributed by atoms with Gasteiger partial charge in [-0.1, -0.05) is 0 Å². The van der Waals surface area contributed by atoms with Crippen LogP contribution in [0.5, 0.6) is 0 Å². The minimum atomic E-state index is -0.356. The van der Waals surface area contributed by atoms with E-state index in [1.54, 1.807) is 19.2 Å². The first-order valence-corrected chi connectivity index (χ1v) is 7.58. The Kier molecular flexibility index (Phi) is 5.95. The van der Waals surface area contributed by atoms with Gasteiger partial charge in [-0.05, 0) is 31.4 Å². The van der Waals surface area contributed by atoms with Crippen LogP contribution in [0.3, 0.4) is 0 Å². The molecule has 19 heavy (non-hydrogen) atoms. The fourth-order valence-electron chi connectivity index (χ4n) is 1.79. The smallest absolute Gasteiger partial charge is 0.273 e. The van der Waals surface area contributed by atoms with Gasteiger partial charge in [-0.3, -0.25) is 10.1 Å². The van der Waals surface area contributed by atoms with Crippen LogP contribution in [0.2, 0.25) is 0 Å². The van der Waals surface area contributed by atoms with E-state index >= 15 is 0 Å². The molecule has 5 nitrogen and oxygen atoms in total. The molecule has 0 aromatic heterocycles. The average molecular weight is 283 g/mol. The zero-order valence-electron chi connectivity index (χ0n) is 11.8. The Morgan fingerprint density at radius 2 is 2.16 bits per heavy atom. The van der Waals surface area contributed by atoms with Crippen LogP contribution in [0.1, 0.15) is 13.3 Å². The maximum absolute atomic E-state index is 10.9. The summed E-state index contributed by atoms with van der Waals surface area (Å²) in [4.78, 5) is 12.7. The molecule has 0 amide bonds. The highest BCUT2D eigenvalue weighted by Crippen LogP contribution is 2.27. The first-order chi connectivity index (χ1) is 8.99. The number of thioether (sulfide) groups is 1. The molecule has 0 saturated heterocycles. The first-order valence-electron chi connectivity index (χ1n) is 6.18. The van der Waals surface area contributed by atoms with Crippen molar-refractivity contribution >= 4 is 28.8 Å². The van der Waals surface area contributed by atoms with Gasteiger partial charge in [0.25, 0.3) is 5.69 Å². The number of anilines is 2. The molecule has 1 aromatic carbocycles. The van der Waals surface area contributed by atoms with Crippen molar-refractivity contribution in [2.45, 2.75) is 19.4 Å². The number of nitrogens with one attached hydrogen (secondary N) is 1. The van der Waals surface area contributed by atoms with Gasteiger partial charge in [0, 0.05) is 43.6 Å². The summed E-state index contributed by atoms with van der Waals surface area (Å²) >= 11 is 1.81. The Balaban J connectivity index is 2.97. The van der Waals surface area contributed by atoms with E-state index in [1.165, 1.54) is 0 Å². The quantitative estimate of drug-likeness (QED) is 0.615. The van der Waals surface area contributed by atoms with Gasteiger partial charge in [-0.2, -0.15) is 11.8 Å². The van der Waals surface area contributed by atoms with Crippen molar-refractivity contribution in [1.29, 1.82) is 0 Å². The van der Waals surface area contributed by atoms with Crippen molar-refractivity contribution in [1.82, 2.24) is 0 Å². The molecular weight excluding hydrogens is 262 g/mol. The van der Waals surface area contributed by atoms with Crippen LogP contribution in [0.25, 0.3) is 0 Å². The summed E-state index contributed by atoms with van der Waals surface area (Å²) in [6.07, 6.45) is 3.13. The van der Waals surface area contributed by atoms with Crippen LogP contribution in [0, 0.1) is 10.1 Å². The van der Waals surface area contributed by atoms with Crippen LogP contribution in [0.4, 0.5) is 17.1 Å². The Morgan fingerprint density at radius 3 is 2.68 bits per heavy atom. The van der Waals surface area contributed by atoms with E-state index < -0.39 is 0 Å². The van der Waals surface area contributed by atoms with E-state index in [4.69, 9.17) is 0 Å². The van der Waals surface area contributed by atoms with E-state index in [1.807, 2.05) is 24.9 Å². The molecule has 106 valence electrons. The van der Waals surface area contributed by atoms with Gasteiger partial charge in [0.2, 0.25) is 0 Å². The summed E-state index contributed by atoms with van der Waals surface area (Å²) in [6.45, 7) is 2.13. The van der Waals surface area contributed by atoms with Crippen molar-refractivity contribution < 1.29 is 4.92 Å². The third kappa shape index (κ3) is 4.31. The second-order valence-corrected chi connectivity index (χ2v) is 5.47. The van der Waals surface area contributed by atoms with E-state index in [0.29, 0.717) is 6.04 Å². The van der Waals surface area contributed by atoms with E-state index in [0.717, 1.165) is 23.5 Å². The zero-order valence-corrected chi connectivity index (χ0v) is 12.7. The molecule has 1 aromatic rings. The maximum atomic E-state index is 10.9. The highest BCUT2D eigenvalue weighted by molar-refractivity contribution is 7.98. The number of non-ortho nitro benzene ring substituents is 1. The van der Waals surface area contributed by atoms with Gasteiger partial charge in [0.15, 0.2) is 0 Å². The molecule has 1 unspecified atom stereocenters. The number of hydrogen-bond acceptors (Lipinski definition) is 5. The molecule has 0 aliphatic heterocycles. The molecule has 0 spiro atoms. The molecule has 1 atom stereocenters. The van der Waals surface area contributed by atoms with Crippen molar-refractivity contribution in [3.8, 4) is 0 Å². The first kappa shape index (κ1) is 15.6. The minimum Gasteiger partial charge on any atom is -0.388 e. The molecule has 1 rings (SSSR count). The number of nitrogens with zero attached hydrogens (tertiary/aromatic N) is 2. The van der Waals surface area contributed by atoms with Gasteiger partial charge in [-0.25, -0.2) is 0 Å². The molecule has 6 heteroatoms. The molecule has 0 heterocycles. The largest absolute Gasteiger partial charge is 0.388 e. The topological polar surface area (TPSA) is 58.4 Å². The molecule has 0 aliphatic carbocycles. The van der Waals surface area contributed by atoms with E-state index in [9.17, 15) is 10.1 Å². The molecule has 0 bridgehead atoms. The highest BCUT2D eigenvalue weighted by atomic mass is 32.2. The van der Waals surface area contributed by atoms with Crippen LogP contribution in [-0.4, -0.2) is 37.1 Å². The third-order valence-electron chi connectivity index (χ3n) is 3.21.